The minimum Gasteiger partial charge on any atom is -0.375 e. The van der Waals surface area contributed by atoms with E-state index in [9.17, 15) is 4.79 Å². The maximum Gasteiger partial charge on any atom is 0.275 e. The Morgan fingerprint density at radius 2 is 2.16 bits per heavy atom. The lowest BCUT2D eigenvalue weighted by Gasteiger charge is -2.08. The van der Waals surface area contributed by atoms with Crippen LogP contribution in [0.15, 0.2) is 5.38 Å². The Morgan fingerprint density at radius 1 is 1.47 bits per heavy atom. The highest BCUT2D eigenvalue weighted by atomic mass is 32.1. The Bertz CT molecular complexity index is 614. The van der Waals surface area contributed by atoms with Gasteiger partial charge in [0.05, 0.1) is 17.1 Å². The second kappa shape index (κ2) is 5.00. The third-order valence-corrected chi connectivity index (χ3v) is 3.48. The van der Waals surface area contributed by atoms with Crippen LogP contribution in [-0.2, 0) is 0 Å². The number of aryl methyl sites for hydroxylation is 1. The van der Waals surface area contributed by atoms with Gasteiger partial charge >= 0.3 is 0 Å². The molecule has 1 amide bonds. The topological polar surface area (TPSA) is 85.8 Å². The average Bonchev–Trinajstić information content (AvgIpc) is 2.87. The predicted octanol–water partition coefficient (Wildman–Crippen LogP) is 2.37. The molecule has 2 rings (SSSR count). The van der Waals surface area contributed by atoms with Crippen molar-refractivity contribution in [2.75, 3.05) is 11.1 Å². The van der Waals surface area contributed by atoms with Crippen molar-refractivity contribution in [2.45, 2.75) is 33.7 Å². The van der Waals surface area contributed by atoms with E-state index in [4.69, 9.17) is 5.73 Å². The number of nitrogens with zero attached hydrogens (tertiary/aromatic N) is 3. The molecule has 0 atom stereocenters. The van der Waals surface area contributed by atoms with Gasteiger partial charge in [0.2, 0.25) is 0 Å². The smallest absolute Gasteiger partial charge is 0.275 e. The molecule has 0 aromatic carbocycles. The number of nitrogens with one attached hydrogen (secondary N) is 1. The van der Waals surface area contributed by atoms with Crippen molar-refractivity contribution in [3.63, 3.8) is 0 Å². The van der Waals surface area contributed by atoms with Crippen LogP contribution in [0.5, 0.6) is 0 Å². The Labute approximate surface area is 115 Å². The zero-order chi connectivity index (χ0) is 14.2. The fraction of sp³-hybridized carbons (Fsp3) is 0.417. The normalized spacial score (nSPS) is 11.0. The maximum absolute atomic E-state index is 12.1. The molecular weight excluding hydrogens is 262 g/mol. The molecule has 2 aromatic rings. The van der Waals surface area contributed by atoms with Crippen molar-refractivity contribution in [1.82, 2.24) is 14.8 Å². The van der Waals surface area contributed by atoms with Gasteiger partial charge in [0, 0.05) is 11.4 Å². The first-order chi connectivity index (χ1) is 8.90. The van der Waals surface area contributed by atoms with Gasteiger partial charge in [0.15, 0.2) is 5.13 Å². The number of nitrogen functional groups attached to an aromatic ring is 1. The van der Waals surface area contributed by atoms with Gasteiger partial charge < -0.3 is 11.1 Å². The summed E-state index contributed by atoms with van der Waals surface area (Å²) in [6, 6.07) is 0.249. The van der Waals surface area contributed by atoms with Gasteiger partial charge in [-0.25, -0.2) is 4.98 Å². The van der Waals surface area contributed by atoms with Gasteiger partial charge in [0.1, 0.15) is 5.69 Å². The Morgan fingerprint density at radius 3 is 2.63 bits per heavy atom. The van der Waals surface area contributed by atoms with Crippen LogP contribution in [0.25, 0.3) is 0 Å². The lowest BCUT2D eigenvalue weighted by molar-refractivity contribution is 0.102. The minimum atomic E-state index is -0.262. The van der Waals surface area contributed by atoms with E-state index in [1.165, 1.54) is 11.3 Å². The van der Waals surface area contributed by atoms with Gasteiger partial charge in [-0.15, -0.1) is 11.3 Å². The number of aromatic nitrogens is 3. The summed E-state index contributed by atoms with van der Waals surface area (Å²) in [6.07, 6.45) is 0. The van der Waals surface area contributed by atoms with Crippen LogP contribution < -0.4 is 11.1 Å². The van der Waals surface area contributed by atoms with E-state index in [1.54, 1.807) is 5.38 Å². The van der Waals surface area contributed by atoms with Gasteiger partial charge in [0.25, 0.3) is 5.91 Å². The third-order valence-electron chi connectivity index (χ3n) is 2.81. The lowest BCUT2D eigenvalue weighted by atomic mass is 10.3. The molecule has 0 aliphatic carbocycles. The summed E-state index contributed by atoms with van der Waals surface area (Å²) in [5, 5.41) is 9.30. The first-order valence-electron chi connectivity index (χ1n) is 5.98. The molecule has 0 aliphatic heterocycles. The minimum absolute atomic E-state index is 0.249. The molecule has 0 fully saturated rings. The Kier molecular flexibility index (Phi) is 3.57. The van der Waals surface area contributed by atoms with Crippen LogP contribution in [0.4, 0.5) is 10.8 Å². The zero-order valence-corrected chi connectivity index (χ0v) is 12.2. The van der Waals surface area contributed by atoms with E-state index < -0.39 is 0 Å². The van der Waals surface area contributed by atoms with E-state index in [1.807, 2.05) is 32.4 Å². The number of rotatable bonds is 3. The summed E-state index contributed by atoms with van der Waals surface area (Å²) in [5.41, 5.74) is 8.33. The molecule has 102 valence electrons. The quantitative estimate of drug-likeness (QED) is 0.903. The van der Waals surface area contributed by atoms with Gasteiger partial charge in [-0.2, -0.15) is 5.10 Å². The fourth-order valence-electron chi connectivity index (χ4n) is 1.92. The predicted molar refractivity (Wildman–Crippen MR) is 76.6 cm³/mol. The number of carbonyl (C=O) groups excluding carboxylic acids is 1. The summed E-state index contributed by atoms with van der Waals surface area (Å²) < 4.78 is 1.89. The van der Waals surface area contributed by atoms with Gasteiger partial charge in [-0.3, -0.25) is 9.48 Å². The van der Waals surface area contributed by atoms with Gasteiger partial charge in [-0.1, -0.05) is 0 Å². The van der Waals surface area contributed by atoms with Crippen molar-refractivity contribution in [3.05, 3.63) is 22.5 Å². The summed E-state index contributed by atoms with van der Waals surface area (Å²) >= 11 is 1.25. The molecule has 3 N–H and O–H groups in total. The number of anilines is 2. The van der Waals surface area contributed by atoms with Crippen LogP contribution in [0.3, 0.4) is 0 Å². The number of amides is 1. The van der Waals surface area contributed by atoms with Crippen LogP contribution >= 0.6 is 11.3 Å². The highest BCUT2D eigenvalue weighted by Crippen LogP contribution is 2.23. The van der Waals surface area contributed by atoms with E-state index in [2.05, 4.69) is 15.4 Å². The number of carbonyl (C=O) groups is 1. The highest BCUT2D eigenvalue weighted by molar-refractivity contribution is 7.13. The van der Waals surface area contributed by atoms with Crippen molar-refractivity contribution in [3.8, 4) is 0 Å². The van der Waals surface area contributed by atoms with E-state index in [0.29, 0.717) is 10.8 Å². The van der Waals surface area contributed by atoms with Crippen molar-refractivity contribution < 1.29 is 4.79 Å². The largest absolute Gasteiger partial charge is 0.375 e. The molecule has 0 bridgehead atoms. The van der Waals surface area contributed by atoms with Crippen LogP contribution in [-0.4, -0.2) is 20.7 Å². The van der Waals surface area contributed by atoms with E-state index >= 15 is 0 Å². The average molecular weight is 279 g/mol. The molecule has 0 saturated heterocycles. The molecule has 0 aliphatic rings. The molecule has 7 heteroatoms. The Balaban J connectivity index is 2.26. The van der Waals surface area contributed by atoms with Crippen molar-refractivity contribution in [2.24, 2.45) is 0 Å². The summed E-state index contributed by atoms with van der Waals surface area (Å²) in [6.45, 7) is 7.90. The molecule has 0 spiro atoms. The zero-order valence-electron chi connectivity index (χ0n) is 11.4. The molecule has 0 saturated carbocycles. The van der Waals surface area contributed by atoms with Crippen LogP contribution in [0, 0.1) is 13.8 Å². The number of nitrogens with two attached hydrogens (primary N) is 1. The van der Waals surface area contributed by atoms with Crippen molar-refractivity contribution >= 4 is 28.1 Å². The first-order valence-corrected chi connectivity index (χ1v) is 6.86. The third kappa shape index (κ3) is 2.60. The second-order valence-corrected chi connectivity index (χ2v) is 5.50. The first kappa shape index (κ1) is 13.5. The number of hydrogen-bond donors (Lipinski definition) is 2. The molecule has 19 heavy (non-hydrogen) atoms. The second-order valence-electron chi connectivity index (χ2n) is 4.61. The summed E-state index contributed by atoms with van der Waals surface area (Å²) in [7, 11) is 0. The Hall–Kier alpha value is -1.89. The SMILES string of the molecule is Cc1nn(C(C)C)c(C)c1NC(=O)c1csc(N)n1. The number of hydrogen-bond acceptors (Lipinski definition) is 5. The molecule has 2 heterocycles. The molecular formula is C12H17N5OS. The summed E-state index contributed by atoms with van der Waals surface area (Å²) in [5.74, 6) is -0.262. The molecule has 2 aromatic heterocycles. The summed E-state index contributed by atoms with van der Waals surface area (Å²) in [4.78, 5) is 16.0. The monoisotopic (exact) mass is 279 g/mol. The van der Waals surface area contributed by atoms with Crippen LogP contribution in [0.1, 0.15) is 41.8 Å². The maximum atomic E-state index is 12.1. The van der Waals surface area contributed by atoms with E-state index in [0.717, 1.165) is 17.1 Å². The molecule has 0 radical (unpaired) electrons. The molecule has 0 unspecified atom stereocenters. The van der Waals surface area contributed by atoms with Crippen LogP contribution in [0.2, 0.25) is 0 Å². The fourth-order valence-corrected chi connectivity index (χ4v) is 2.46. The highest BCUT2D eigenvalue weighted by Gasteiger charge is 2.17. The van der Waals surface area contributed by atoms with Gasteiger partial charge in [-0.05, 0) is 27.7 Å². The van der Waals surface area contributed by atoms with E-state index in [-0.39, 0.29) is 11.9 Å². The lowest BCUT2D eigenvalue weighted by Crippen LogP contribution is -2.14. The standard InChI is InChI=1S/C12H17N5OS/c1-6(2)17-8(4)10(7(3)16-17)15-11(18)9-5-19-12(13)14-9/h5-6H,1-4H3,(H2,13,14)(H,15,18). The molecule has 6 nitrogen and oxygen atoms in total. The number of thiazole rings is 1. The van der Waals surface area contributed by atoms with Crippen molar-refractivity contribution in [1.29, 1.82) is 0 Å².